The standard InChI is InChI=1S/C21H26N4O3/c1-15(2)25-12-16(11-22-25)20(27)24-10-9-21(17-7-5-4-6-8-17)18(13-24)28-14-19(26)23(21)3/h4-8,11-12,15,18H,9-10,13-14H2,1-3H3/t18-,21+/m1/s1. The van der Waals surface area contributed by atoms with E-state index in [9.17, 15) is 9.59 Å². The Hall–Kier alpha value is -2.67. The fourth-order valence-electron chi connectivity index (χ4n) is 4.32. The maximum Gasteiger partial charge on any atom is 0.257 e. The molecule has 2 atom stereocenters. The van der Waals surface area contributed by atoms with Gasteiger partial charge in [-0.3, -0.25) is 14.3 Å². The van der Waals surface area contributed by atoms with Gasteiger partial charge in [0.2, 0.25) is 5.91 Å². The summed E-state index contributed by atoms with van der Waals surface area (Å²) in [6.07, 6.45) is 3.78. The van der Waals surface area contributed by atoms with Gasteiger partial charge in [-0.1, -0.05) is 30.3 Å². The zero-order chi connectivity index (χ0) is 19.9. The van der Waals surface area contributed by atoms with Crippen molar-refractivity contribution in [3.05, 3.63) is 53.9 Å². The maximum atomic E-state index is 13.0. The number of hydrogen-bond donors (Lipinski definition) is 0. The number of nitrogens with zero attached hydrogens (tertiary/aromatic N) is 4. The lowest BCUT2D eigenvalue weighted by Gasteiger charge is -2.54. The van der Waals surface area contributed by atoms with E-state index in [1.807, 2.05) is 61.0 Å². The third kappa shape index (κ3) is 2.90. The van der Waals surface area contributed by atoms with Crippen molar-refractivity contribution in [1.29, 1.82) is 0 Å². The van der Waals surface area contributed by atoms with Crippen molar-refractivity contribution in [2.24, 2.45) is 0 Å². The summed E-state index contributed by atoms with van der Waals surface area (Å²) >= 11 is 0. The van der Waals surface area contributed by atoms with Gasteiger partial charge in [-0.05, 0) is 25.8 Å². The molecule has 0 N–H and O–H groups in total. The molecule has 148 valence electrons. The van der Waals surface area contributed by atoms with E-state index in [1.54, 1.807) is 17.1 Å². The molecule has 2 fully saturated rings. The summed E-state index contributed by atoms with van der Waals surface area (Å²) in [5.74, 6) is -0.0743. The summed E-state index contributed by atoms with van der Waals surface area (Å²) < 4.78 is 7.76. The van der Waals surface area contributed by atoms with Crippen molar-refractivity contribution in [1.82, 2.24) is 19.6 Å². The Labute approximate surface area is 164 Å². The number of ether oxygens (including phenoxy) is 1. The molecule has 2 aliphatic heterocycles. The van der Waals surface area contributed by atoms with Gasteiger partial charge in [-0.2, -0.15) is 5.10 Å². The highest BCUT2D eigenvalue weighted by atomic mass is 16.5. The van der Waals surface area contributed by atoms with E-state index in [4.69, 9.17) is 4.74 Å². The summed E-state index contributed by atoms with van der Waals surface area (Å²) in [5.41, 5.74) is 1.09. The largest absolute Gasteiger partial charge is 0.364 e. The minimum absolute atomic E-state index is 0.0295. The van der Waals surface area contributed by atoms with E-state index in [2.05, 4.69) is 5.10 Å². The van der Waals surface area contributed by atoms with Crippen LogP contribution < -0.4 is 0 Å². The fraction of sp³-hybridized carbons (Fsp3) is 0.476. The number of likely N-dealkylation sites (N-methyl/N-ethyl adjacent to an activating group) is 1. The first-order valence-corrected chi connectivity index (χ1v) is 9.70. The zero-order valence-electron chi connectivity index (χ0n) is 16.5. The van der Waals surface area contributed by atoms with Crippen LogP contribution in [0.2, 0.25) is 0 Å². The van der Waals surface area contributed by atoms with Gasteiger partial charge in [-0.25, -0.2) is 0 Å². The minimum Gasteiger partial charge on any atom is -0.364 e. The van der Waals surface area contributed by atoms with Crippen LogP contribution in [0.3, 0.4) is 0 Å². The minimum atomic E-state index is -0.546. The van der Waals surface area contributed by atoms with Crippen LogP contribution >= 0.6 is 0 Å². The number of morpholine rings is 1. The molecule has 0 bridgehead atoms. The van der Waals surface area contributed by atoms with E-state index < -0.39 is 5.54 Å². The second-order valence-electron chi connectivity index (χ2n) is 7.85. The van der Waals surface area contributed by atoms with Gasteiger partial charge in [-0.15, -0.1) is 0 Å². The van der Waals surface area contributed by atoms with Gasteiger partial charge in [0.1, 0.15) is 12.7 Å². The molecule has 4 rings (SSSR count). The van der Waals surface area contributed by atoms with Crippen LogP contribution in [-0.4, -0.2) is 64.2 Å². The van der Waals surface area contributed by atoms with Crippen LogP contribution in [0.1, 0.15) is 42.2 Å². The Kier molecular flexibility index (Phi) is 4.71. The number of likely N-dealkylation sites (tertiary alicyclic amines) is 1. The molecule has 2 saturated heterocycles. The molecule has 0 spiro atoms. The lowest BCUT2D eigenvalue weighted by molar-refractivity contribution is -0.180. The quantitative estimate of drug-likeness (QED) is 0.815. The third-order valence-corrected chi connectivity index (χ3v) is 6.00. The molecule has 2 aliphatic rings. The predicted molar refractivity (Wildman–Crippen MR) is 104 cm³/mol. The van der Waals surface area contributed by atoms with E-state index in [0.29, 0.717) is 25.1 Å². The first-order chi connectivity index (χ1) is 13.4. The zero-order valence-corrected chi connectivity index (χ0v) is 16.5. The second kappa shape index (κ2) is 7.05. The van der Waals surface area contributed by atoms with E-state index in [0.717, 1.165) is 5.56 Å². The number of aromatic nitrogens is 2. The molecular weight excluding hydrogens is 356 g/mol. The topological polar surface area (TPSA) is 67.7 Å². The first-order valence-electron chi connectivity index (χ1n) is 9.70. The van der Waals surface area contributed by atoms with Gasteiger partial charge < -0.3 is 14.5 Å². The van der Waals surface area contributed by atoms with Crippen LogP contribution in [0, 0.1) is 0 Å². The van der Waals surface area contributed by atoms with Gasteiger partial charge >= 0.3 is 0 Å². The van der Waals surface area contributed by atoms with Crippen molar-refractivity contribution in [2.75, 3.05) is 26.7 Å². The van der Waals surface area contributed by atoms with Crippen molar-refractivity contribution in [2.45, 2.75) is 38.0 Å². The molecular formula is C21H26N4O3. The molecule has 7 nitrogen and oxygen atoms in total. The predicted octanol–water partition coefficient (Wildman–Crippen LogP) is 2.06. The molecule has 0 aliphatic carbocycles. The maximum absolute atomic E-state index is 13.0. The number of piperidine rings is 1. The summed E-state index contributed by atoms with van der Waals surface area (Å²) in [4.78, 5) is 29.1. The number of benzene rings is 1. The average molecular weight is 382 g/mol. The Morgan fingerprint density at radius 3 is 2.71 bits per heavy atom. The molecule has 3 heterocycles. The SMILES string of the molecule is CC(C)n1cc(C(=O)N2CC[C@]3(c4ccccc4)[C@@H](C2)OCC(=O)N3C)cn1. The normalized spacial score (nSPS) is 25.1. The Balaban J connectivity index is 1.62. The summed E-state index contributed by atoms with van der Waals surface area (Å²) in [7, 11) is 1.84. The van der Waals surface area contributed by atoms with Gasteiger partial charge in [0.05, 0.1) is 17.3 Å². The van der Waals surface area contributed by atoms with Crippen LogP contribution in [0.25, 0.3) is 0 Å². The molecule has 2 aromatic rings. The van der Waals surface area contributed by atoms with Gasteiger partial charge in [0.15, 0.2) is 0 Å². The highest BCUT2D eigenvalue weighted by molar-refractivity contribution is 5.94. The first kappa shape index (κ1) is 18.7. The monoisotopic (exact) mass is 382 g/mol. The number of carbonyl (C=O) groups is 2. The van der Waals surface area contributed by atoms with Crippen molar-refractivity contribution < 1.29 is 14.3 Å². The van der Waals surface area contributed by atoms with Crippen LogP contribution in [-0.2, 0) is 15.1 Å². The second-order valence-corrected chi connectivity index (χ2v) is 7.85. The fourth-order valence-corrected chi connectivity index (χ4v) is 4.32. The summed E-state index contributed by atoms with van der Waals surface area (Å²) in [6, 6.07) is 10.2. The van der Waals surface area contributed by atoms with E-state index >= 15 is 0 Å². The van der Waals surface area contributed by atoms with Crippen LogP contribution in [0.15, 0.2) is 42.7 Å². The van der Waals surface area contributed by atoms with Crippen molar-refractivity contribution >= 4 is 11.8 Å². The van der Waals surface area contributed by atoms with Crippen molar-refractivity contribution in [3.8, 4) is 0 Å². The lowest BCUT2D eigenvalue weighted by atomic mass is 9.76. The highest BCUT2D eigenvalue weighted by Crippen LogP contribution is 2.42. The molecule has 7 heteroatoms. The molecule has 0 radical (unpaired) electrons. The molecule has 0 unspecified atom stereocenters. The van der Waals surface area contributed by atoms with Gasteiger partial charge in [0, 0.05) is 32.4 Å². The highest BCUT2D eigenvalue weighted by Gasteiger charge is 2.53. The Morgan fingerprint density at radius 1 is 1.29 bits per heavy atom. The molecule has 28 heavy (non-hydrogen) atoms. The smallest absolute Gasteiger partial charge is 0.257 e. The Bertz CT molecular complexity index is 879. The average Bonchev–Trinajstić information content (AvgIpc) is 3.21. The molecule has 0 saturated carbocycles. The van der Waals surface area contributed by atoms with E-state index in [-0.39, 0.29) is 30.6 Å². The van der Waals surface area contributed by atoms with E-state index in [1.165, 1.54) is 0 Å². The van der Waals surface area contributed by atoms with Crippen molar-refractivity contribution in [3.63, 3.8) is 0 Å². The molecule has 2 amide bonds. The third-order valence-electron chi connectivity index (χ3n) is 6.00. The lowest BCUT2D eigenvalue weighted by Crippen LogP contribution is -2.67. The Morgan fingerprint density at radius 2 is 2.04 bits per heavy atom. The molecule has 1 aromatic heterocycles. The van der Waals surface area contributed by atoms with Gasteiger partial charge in [0.25, 0.3) is 5.91 Å². The molecule has 1 aromatic carbocycles. The van der Waals surface area contributed by atoms with Crippen LogP contribution in [0.4, 0.5) is 0 Å². The number of rotatable bonds is 3. The summed E-state index contributed by atoms with van der Waals surface area (Å²) in [5, 5.41) is 4.28. The van der Waals surface area contributed by atoms with Crippen LogP contribution in [0.5, 0.6) is 0 Å². The number of amides is 2. The number of fused-ring (bicyclic) bond motifs is 1. The summed E-state index contributed by atoms with van der Waals surface area (Å²) in [6.45, 7) is 5.09. The number of hydrogen-bond acceptors (Lipinski definition) is 4. The number of carbonyl (C=O) groups excluding carboxylic acids is 2.